The minimum atomic E-state index is -3.67. The number of aryl methyl sites for hydroxylation is 1. The van der Waals surface area contributed by atoms with Crippen LogP contribution in [0.25, 0.3) is 44.3 Å². The van der Waals surface area contributed by atoms with Crippen LogP contribution in [0.4, 0.5) is 0 Å². The SMILES string of the molecule is C.CC(=O)c1ccc2[nH]c(-c3cccc(C)c3)cc(=O)c2c1.CS(=O)(=O)O.CS(=O)(=O)O.O=C(O)c1ccc2[nH]c(-c3ccccc3)cc(=O)c2c1. The molecule has 0 unspecified atom stereocenters. The van der Waals surface area contributed by atoms with Gasteiger partial charge in [0.05, 0.1) is 18.1 Å². The molecule has 0 spiro atoms. The largest absolute Gasteiger partial charge is 0.478 e. The lowest BCUT2D eigenvalue weighted by Gasteiger charge is -2.06. The van der Waals surface area contributed by atoms with Crippen LogP contribution in [0.5, 0.6) is 0 Å². The predicted octanol–water partition coefficient (Wildman–Crippen LogP) is 6.24. The lowest BCUT2D eigenvalue weighted by atomic mass is 10.0. The minimum absolute atomic E-state index is 0. The summed E-state index contributed by atoms with van der Waals surface area (Å²) < 4.78 is 51.7. The highest BCUT2D eigenvalue weighted by Gasteiger charge is 2.09. The number of carbonyl (C=O) groups excluding carboxylic acids is 1. The van der Waals surface area contributed by atoms with Gasteiger partial charge in [-0.05, 0) is 67.4 Å². The quantitative estimate of drug-likeness (QED) is 0.1000. The van der Waals surface area contributed by atoms with Crippen molar-refractivity contribution in [3.63, 3.8) is 0 Å². The maximum atomic E-state index is 12.3. The molecule has 0 aliphatic heterocycles. The molecule has 13 nitrogen and oxygen atoms in total. The van der Waals surface area contributed by atoms with E-state index in [1.165, 1.54) is 25.1 Å². The first kappa shape index (κ1) is 42.4. The fourth-order valence-electron chi connectivity index (χ4n) is 4.59. The Morgan fingerprint density at radius 3 is 1.46 bits per heavy atom. The van der Waals surface area contributed by atoms with E-state index in [4.69, 9.17) is 14.2 Å². The minimum Gasteiger partial charge on any atom is -0.478 e. The van der Waals surface area contributed by atoms with Gasteiger partial charge < -0.3 is 15.1 Å². The van der Waals surface area contributed by atoms with Gasteiger partial charge in [-0.2, -0.15) is 16.8 Å². The van der Waals surface area contributed by atoms with Gasteiger partial charge in [0.15, 0.2) is 16.6 Å². The number of benzene rings is 4. The zero-order valence-electron chi connectivity index (χ0n) is 27.7. The van der Waals surface area contributed by atoms with E-state index in [-0.39, 0.29) is 29.6 Å². The number of H-pyrrole nitrogens is 2. The van der Waals surface area contributed by atoms with Crippen molar-refractivity contribution < 1.29 is 40.6 Å². The molecule has 0 atom stereocenters. The van der Waals surface area contributed by atoms with Gasteiger partial charge in [-0.25, -0.2) is 4.79 Å². The Labute approximate surface area is 300 Å². The number of hydrogen-bond acceptors (Lipinski definition) is 8. The monoisotopic (exact) mass is 750 g/mol. The second kappa shape index (κ2) is 18.0. The molecule has 0 bridgehead atoms. The summed E-state index contributed by atoms with van der Waals surface area (Å²) in [5, 5.41) is 9.88. The lowest BCUT2D eigenvalue weighted by molar-refractivity contribution is 0.0696. The number of aromatic nitrogens is 2. The first-order valence-electron chi connectivity index (χ1n) is 14.8. The molecule has 2 aromatic heterocycles. The van der Waals surface area contributed by atoms with E-state index in [1.54, 1.807) is 30.3 Å². The zero-order chi connectivity index (χ0) is 38.1. The van der Waals surface area contributed by atoms with Crippen molar-refractivity contribution >= 4 is 53.8 Å². The summed E-state index contributed by atoms with van der Waals surface area (Å²) in [5.74, 6) is -1.09. The summed E-state index contributed by atoms with van der Waals surface area (Å²) in [4.78, 5) is 53.2. The number of aromatic carboxylic acids is 1. The van der Waals surface area contributed by atoms with E-state index in [2.05, 4.69) is 9.97 Å². The number of ketones is 1. The number of carbonyl (C=O) groups is 2. The van der Waals surface area contributed by atoms with Crippen LogP contribution in [-0.2, 0) is 20.2 Å². The van der Waals surface area contributed by atoms with Crippen molar-refractivity contribution in [2.24, 2.45) is 0 Å². The number of carboxylic acid groups (broad SMARTS) is 1. The van der Waals surface area contributed by atoms with Gasteiger partial charge in [-0.3, -0.25) is 23.5 Å². The van der Waals surface area contributed by atoms with Gasteiger partial charge in [-0.1, -0.05) is 61.5 Å². The molecule has 0 fully saturated rings. The maximum Gasteiger partial charge on any atom is 0.335 e. The summed E-state index contributed by atoms with van der Waals surface area (Å²) in [6.45, 7) is 3.51. The van der Waals surface area contributed by atoms with Crippen LogP contribution in [-0.4, -0.2) is 65.3 Å². The van der Waals surface area contributed by atoms with Crippen LogP contribution >= 0.6 is 0 Å². The Morgan fingerprint density at radius 1 is 0.596 bits per heavy atom. The summed E-state index contributed by atoms with van der Waals surface area (Å²) in [6, 6.07) is 30.2. The van der Waals surface area contributed by atoms with Gasteiger partial charge in [0.25, 0.3) is 20.2 Å². The molecule has 6 aromatic rings. The molecule has 0 saturated carbocycles. The van der Waals surface area contributed by atoms with Gasteiger partial charge >= 0.3 is 5.97 Å². The first-order valence-corrected chi connectivity index (χ1v) is 18.4. The van der Waals surface area contributed by atoms with Crippen molar-refractivity contribution in [3.8, 4) is 22.5 Å². The fraction of sp³-hybridized carbons (Fsp3) is 0.135. The van der Waals surface area contributed by atoms with Gasteiger partial charge in [-0.15, -0.1) is 0 Å². The number of carboxylic acids is 1. The second-order valence-corrected chi connectivity index (χ2v) is 14.1. The first-order chi connectivity index (χ1) is 23.7. The van der Waals surface area contributed by atoms with Crippen LogP contribution in [0.1, 0.15) is 40.6 Å². The van der Waals surface area contributed by atoms with Crippen molar-refractivity contribution in [2.45, 2.75) is 21.3 Å². The maximum absolute atomic E-state index is 12.3. The molecule has 0 aliphatic rings. The van der Waals surface area contributed by atoms with E-state index >= 15 is 0 Å². The van der Waals surface area contributed by atoms with Crippen molar-refractivity contribution in [1.82, 2.24) is 9.97 Å². The number of aromatic amines is 2. The average molecular weight is 751 g/mol. The van der Waals surface area contributed by atoms with E-state index in [1.807, 2.05) is 61.5 Å². The number of nitrogens with one attached hydrogen (secondary N) is 2. The van der Waals surface area contributed by atoms with Crippen LogP contribution in [0.2, 0.25) is 0 Å². The summed E-state index contributed by atoms with van der Waals surface area (Å²) in [7, 11) is -7.33. The molecule has 0 saturated heterocycles. The van der Waals surface area contributed by atoms with E-state index in [0.29, 0.717) is 40.1 Å². The molecule has 15 heteroatoms. The standard InChI is InChI=1S/C18H15NO2.C16H11NO3.2CH4O3S.CH4/c1-11-4-3-5-14(8-11)17-10-18(21)15-9-13(12(2)20)6-7-16(15)19-17;18-15-9-14(10-4-2-1-3-5-10)17-13-7-6-11(16(19)20)8-12(13)15;2*1-5(2,3)4;/h3-10H,1-2H3,(H,19,21);1-9H,(H,17,18)(H,19,20);2*1H3,(H,2,3,4);1H4. The Morgan fingerprint density at radius 2 is 1.02 bits per heavy atom. The molecule has 6 rings (SSSR count). The third kappa shape index (κ3) is 13.5. The Balaban J connectivity index is 0.000000283. The molecule has 52 heavy (non-hydrogen) atoms. The highest BCUT2D eigenvalue weighted by Crippen LogP contribution is 2.21. The molecular formula is C37H38N2O11S2. The summed E-state index contributed by atoms with van der Waals surface area (Å²) >= 11 is 0. The highest BCUT2D eigenvalue weighted by atomic mass is 32.2. The Bertz CT molecular complexity index is 2520. The van der Waals surface area contributed by atoms with Gasteiger partial charge in [0.1, 0.15) is 0 Å². The smallest absolute Gasteiger partial charge is 0.335 e. The topological polar surface area (TPSA) is 229 Å². The van der Waals surface area contributed by atoms with E-state index in [9.17, 15) is 36.0 Å². The molecule has 0 aliphatic carbocycles. The molecular weight excluding hydrogens is 713 g/mol. The van der Waals surface area contributed by atoms with Gasteiger partial charge in [0.2, 0.25) is 0 Å². The van der Waals surface area contributed by atoms with Crippen LogP contribution in [0.3, 0.4) is 0 Å². The Kier molecular flexibility index (Phi) is 14.7. The third-order valence-corrected chi connectivity index (χ3v) is 6.73. The highest BCUT2D eigenvalue weighted by molar-refractivity contribution is 7.85. The number of Topliss-reactive ketones (excluding diaryl/α,β-unsaturated/α-hetero) is 1. The van der Waals surface area contributed by atoms with Crippen LogP contribution < -0.4 is 10.9 Å². The summed E-state index contributed by atoms with van der Waals surface area (Å²) in [5.41, 5.74) is 6.28. The fourth-order valence-corrected chi connectivity index (χ4v) is 4.59. The van der Waals surface area contributed by atoms with Crippen molar-refractivity contribution in [3.05, 3.63) is 140 Å². The number of hydrogen-bond donors (Lipinski definition) is 5. The predicted molar refractivity (Wildman–Crippen MR) is 203 cm³/mol. The van der Waals surface area contributed by atoms with Crippen LogP contribution in [0.15, 0.2) is 113 Å². The second-order valence-electron chi connectivity index (χ2n) is 11.2. The molecule has 274 valence electrons. The van der Waals surface area contributed by atoms with Crippen LogP contribution in [0, 0.1) is 6.92 Å². The number of rotatable bonds is 4. The molecule has 4 aromatic carbocycles. The summed E-state index contributed by atoms with van der Waals surface area (Å²) in [6.07, 6.45) is 1.43. The molecule has 2 heterocycles. The Hall–Kier alpha value is -5.74. The molecule has 0 radical (unpaired) electrons. The van der Waals surface area contributed by atoms with E-state index in [0.717, 1.165) is 27.9 Å². The zero-order valence-corrected chi connectivity index (χ0v) is 29.4. The molecule has 0 amide bonds. The molecule has 5 N–H and O–H groups in total. The third-order valence-electron chi connectivity index (χ3n) is 6.73. The average Bonchev–Trinajstić information content (AvgIpc) is 3.03. The lowest BCUT2D eigenvalue weighted by Crippen LogP contribution is -2.05. The van der Waals surface area contributed by atoms with Crippen molar-refractivity contribution in [2.75, 3.05) is 12.5 Å². The number of pyridine rings is 2. The normalized spacial score (nSPS) is 10.7. The van der Waals surface area contributed by atoms with E-state index < -0.39 is 26.2 Å². The number of fused-ring (bicyclic) bond motifs is 2. The van der Waals surface area contributed by atoms with Crippen molar-refractivity contribution in [1.29, 1.82) is 0 Å². The van der Waals surface area contributed by atoms with Gasteiger partial charge in [0, 0.05) is 50.9 Å².